The monoisotopic (exact) mass is 352 g/mol. The van der Waals surface area contributed by atoms with Crippen LogP contribution in [0.2, 0.25) is 0 Å². The lowest BCUT2D eigenvalue weighted by Gasteiger charge is -2.30. The maximum absolute atomic E-state index is 12.9. The van der Waals surface area contributed by atoms with Crippen molar-refractivity contribution in [2.24, 2.45) is 5.92 Å². The van der Waals surface area contributed by atoms with Crippen LogP contribution in [0, 0.1) is 5.92 Å². The minimum absolute atomic E-state index is 0.150. The van der Waals surface area contributed by atoms with E-state index in [9.17, 15) is 9.59 Å². The van der Waals surface area contributed by atoms with Crippen LogP contribution >= 0.6 is 0 Å². The third-order valence-electron chi connectivity index (χ3n) is 6.09. The number of allylic oxidation sites excluding steroid dienone is 1. The molecule has 4 heteroatoms. The Morgan fingerprint density at radius 2 is 1.96 bits per heavy atom. The van der Waals surface area contributed by atoms with Gasteiger partial charge in [-0.15, -0.1) is 0 Å². The van der Waals surface area contributed by atoms with Crippen LogP contribution in [-0.2, 0) is 22.6 Å². The Morgan fingerprint density at radius 3 is 2.77 bits per heavy atom. The largest absolute Gasteiger partial charge is 0.342 e. The number of likely N-dealkylation sites (tertiary alicyclic amines) is 1. The van der Waals surface area contributed by atoms with Gasteiger partial charge in [0.25, 0.3) is 0 Å². The Kier molecular flexibility index (Phi) is 5.09. The average Bonchev–Trinajstić information content (AvgIpc) is 3.07. The Morgan fingerprint density at radius 1 is 1.12 bits per heavy atom. The fourth-order valence-corrected chi connectivity index (χ4v) is 4.51. The summed E-state index contributed by atoms with van der Waals surface area (Å²) in [6.07, 6.45) is 9.55. The zero-order chi connectivity index (χ0) is 17.9. The molecule has 4 nitrogen and oxygen atoms in total. The van der Waals surface area contributed by atoms with E-state index in [1.54, 1.807) is 0 Å². The second-order valence-corrected chi connectivity index (χ2v) is 7.88. The van der Waals surface area contributed by atoms with E-state index >= 15 is 0 Å². The van der Waals surface area contributed by atoms with Crippen molar-refractivity contribution in [3.63, 3.8) is 0 Å². The molecule has 3 aliphatic rings. The molecule has 0 spiro atoms. The molecule has 2 aliphatic heterocycles. The van der Waals surface area contributed by atoms with E-state index < -0.39 is 0 Å². The predicted octanol–water partition coefficient (Wildman–Crippen LogP) is 3.31. The first-order valence-electron chi connectivity index (χ1n) is 10.0. The SMILES string of the molecule is O=C1CC(C(=O)N2CCc3ccccc3C2)CN1CCC1=CCCCC1. The first-order valence-corrected chi connectivity index (χ1v) is 10.0. The Balaban J connectivity index is 1.33. The molecule has 1 aromatic carbocycles. The van der Waals surface area contributed by atoms with Gasteiger partial charge >= 0.3 is 0 Å². The van der Waals surface area contributed by atoms with Crippen LogP contribution in [-0.4, -0.2) is 41.2 Å². The van der Waals surface area contributed by atoms with Gasteiger partial charge in [0.1, 0.15) is 0 Å². The van der Waals surface area contributed by atoms with Gasteiger partial charge in [0.15, 0.2) is 0 Å². The van der Waals surface area contributed by atoms with Crippen LogP contribution in [0.1, 0.15) is 49.7 Å². The highest BCUT2D eigenvalue weighted by Gasteiger charge is 2.37. The van der Waals surface area contributed by atoms with Crippen LogP contribution in [0.25, 0.3) is 0 Å². The topological polar surface area (TPSA) is 40.6 Å². The summed E-state index contributed by atoms with van der Waals surface area (Å²) in [5, 5.41) is 0. The summed E-state index contributed by atoms with van der Waals surface area (Å²) in [6, 6.07) is 8.36. The summed E-state index contributed by atoms with van der Waals surface area (Å²) in [5.74, 6) is 0.150. The summed E-state index contributed by atoms with van der Waals surface area (Å²) in [6.45, 7) is 2.83. The van der Waals surface area contributed by atoms with Crippen molar-refractivity contribution in [3.8, 4) is 0 Å². The molecule has 138 valence electrons. The first-order chi connectivity index (χ1) is 12.7. The molecule has 2 amide bonds. The van der Waals surface area contributed by atoms with Gasteiger partial charge in [0.05, 0.1) is 5.92 Å². The number of hydrogen-bond acceptors (Lipinski definition) is 2. The third-order valence-corrected chi connectivity index (χ3v) is 6.09. The zero-order valence-electron chi connectivity index (χ0n) is 15.5. The number of amides is 2. The van der Waals surface area contributed by atoms with E-state index in [2.05, 4.69) is 24.3 Å². The smallest absolute Gasteiger partial charge is 0.228 e. The summed E-state index contributed by atoms with van der Waals surface area (Å²) in [7, 11) is 0. The molecule has 1 unspecified atom stereocenters. The molecule has 26 heavy (non-hydrogen) atoms. The van der Waals surface area contributed by atoms with Crippen LogP contribution in [0.3, 0.4) is 0 Å². The number of nitrogens with zero attached hydrogens (tertiary/aromatic N) is 2. The molecule has 0 saturated carbocycles. The number of fused-ring (bicyclic) bond motifs is 1. The first kappa shape index (κ1) is 17.3. The lowest BCUT2D eigenvalue weighted by atomic mass is 9.97. The van der Waals surface area contributed by atoms with Gasteiger partial charge in [-0.2, -0.15) is 0 Å². The number of carbonyl (C=O) groups excluding carboxylic acids is 2. The van der Waals surface area contributed by atoms with Crippen LogP contribution < -0.4 is 0 Å². The van der Waals surface area contributed by atoms with Gasteiger partial charge in [-0.25, -0.2) is 0 Å². The van der Waals surface area contributed by atoms with Crippen molar-refractivity contribution >= 4 is 11.8 Å². The molecule has 0 N–H and O–H groups in total. The van der Waals surface area contributed by atoms with Crippen molar-refractivity contribution < 1.29 is 9.59 Å². The molecule has 0 bridgehead atoms. The molecular weight excluding hydrogens is 324 g/mol. The molecule has 4 rings (SSSR count). The number of rotatable bonds is 4. The molecule has 1 aliphatic carbocycles. The molecule has 1 atom stereocenters. The summed E-state index contributed by atoms with van der Waals surface area (Å²) in [4.78, 5) is 29.2. The fourth-order valence-electron chi connectivity index (χ4n) is 4.51. The lowest BCUT2D eigenvalue weighted by Crippen LogP contribution is -2.40. The Labute approximate surface area is 155 Å². The number of benzene rings is 1. The van der Waals surface area contributed by atoms with Gasteiger partial charge in [0.2, 0.25) is 11.8 Å². The molecule has 1 aromatic rings. The van der Waals surface area contributed by atoms with Crippen molar-refractivity contribution in [2.75, 3.05) is 19.6 Å². The van der Waals surface area contributed by atoms with E-state index in [-0.39, 0.29) is 17.7 Å². The van der Waals surface area contributed by atoms with Crippen molar-refractivity contribution in [2.45, 2.75) is 51.5 Å². The van der Waals surface area contributed by atoms with E-state index in [0.29, 0.717) is 19.5 Å². The highest BCUT2D eigenvalue weighted by molar-refractivity contribution is 5.89. The normalized spacial score (nSPS) is 23.0. The van der Waals surface area contributed by atoms with Crippen molar-refractivity contribution in [1.82, 2.24) is 9.80 Å². The van der Waals surface area contributed by atoms with Gasteiger partial charge in [-0.05, 0) is 49.7 Å². The maximum atomic E-state index is 12.9. The fraction of sp³-hybridized carbons (Fsp3) is 0.545. The molecular formula is C22H28N2O2. The van der Waals surface area contributed by atoms with E-state index in [4.69, 9.17) is 0 Å². The second kappa shape index (κ2) is 7.65. The standard InChI is InChI=1S/C22H28N2O2/c25-21-14-20(16-23(21)12-10-17-6-2-1-3-7-17)22(26)24-13-11-18-8-4-5-9-19(18)15-24/h4-6,8-9,20H,1-3,7,10-16H2. The van der Waals surface area contributed by atoms with Crippen molar-refractivity contribution in [3.05, 3.63) is 47.0 Å². The Hall–Kier alpha value is -2.10. The molecule has 1 fully saturated rings. The number of hydrogen-bond donors (Lipinski definition) is 0. The highest BCUT2D eigenvalue weighted by Crippen LogP contribution is 2.26. The lowest BCUT2D eigenvalue weighted by molar-refractivity contribution is -0.136. The van der Waals surface area contributed by atoms with E-state index in [1.807, 2.05) is 15.9 Å². The number of carbonyl (C=O) groups is 2. The molecule has 0 aromatic heterocycles. The zero-order valence-corrected chi connectivity index (χ0v) is 15.5. The van der Waals surface area contributed by atoms with Crippen LogP contribution in [0.5, 0.6) is 0 Å². The van der Waals surface area contributed by atoms with E-state index in [1.165, 1.54) is 42.4 Å². The summed E-state index contributed by atoms with van der Waals surface area (Å²) < 4.78 is 0. The molecule has 1 saturated heterocycles. The van der Waals surface area contributed by atoms with Crippen LogP contribution in [0.15, 0.2) is 35.9 Å². The van der Waals surface area contributed by atoms with Gasteiger partial charge in [-0.1, -0.05) is 35.9 Å². The molecule has 2 heterocycles. The van der Waals surface area contributed by atoms with Gasteiger partial charge in [0, 0.05) is 32.6 Å². The van der Waals surface area contributed by atoms with Gasteiger partial charge < -0.3 is 9.80 Å². The van der Waals surface area contributed by atoms with Gasteiger partial charge in [-0.3, -0.25) is 9.59 Å². The predicted molar refractivity (Wildman–Crippen MR) is 101 cm³/mol. The minimum Gasteiger partial charge on any atom is -0.342 e. The third kappa shape index (κ3) is 3.69. The minimum atomic E-state index is -0.159. The average molecular weight is 352 g/mol. The van der Waals surface area contributed by atoms with Crippen LogP contribution in [0.4, 0.5) is 0 Å². The second-order valence-electron chi connectivity index (χ2n) is 7.88. The molecule has 0 radical (unpaired) electrons. The summed E-state index contributed by atoms with van der Waals surface area (Å²) >= 11 is 0. The quantitative estimate of drug-likeness (QED) is 0.780. The van der Waals surface area contributed by atoms with E-state index in [0.717, 1.165) is 25.9 Å². The highest BCUT2D eigenvalue weighted by atomic mass is 16.2. The Bertz CT molecular complexity index is 725. The van der Waals surface area contributed by atoms with Crippen molar-refractivity contribution in [1.29, 1.82) is 0 Å². The maximum Gasteiger partial charge on any atom is 0.228 e. The summed E-state index contributed by atoms with van der Waals surface area (Å²) in [5.41, 5.74) is 4.09.